The maximum Gasteiger partial charge on any atom is 0.243 e. The minimum Gasteiger partial charge on any atom is -0.493 e. The van der Waals surface area contributed by atoms with Crippen LogP contribution in [0.5, 0.6) is 5.75 Å². The van der Waals surface area contributed by atoms with Crippen LogP contribution in [0.1, 0.15) is 31.4 Å². The van der Waals surface area contributed by atoms with E-state index in [2.05, 4.69) is 21.7 Å². The summed E-state index contributed by atoms with van der Waals surface area (Å²) in [6, 6.07) is 8.12. The lowest BCUT2D eigenvalue weighted by Crippen LogP contribution is -2.42. The molecule has 1 heterocycles. The van der Waals surface area contributed by atoms with Crippen molar-refractivity contribution in [2.45, 2.75) is 25.8 Å². The van der Waals surface area contributed by atoms with E-state index >= 15 is 0 Å². The number of nitrogens with zero attached hydrogens (tertiary/aromatic N) is 2. The predicted molar refractivity (Wildman–Crippen MR) is 118 cm³/mol. The Labute approximate surface area is 178 Å². The van der Waals surface area contributed by atoms with Crippen molar-refractivity contribution in [1.29, 1.82) is 0 Å². The predicted octanol–water partition coefficient (Wildman–Crippen LogP) is 2.18. The van der Waals surface area contributed by atoms with Gasteiger partial charge >= 0.3 is 0 Å². The lowest BCUT2D eigenvalue weighted by atomic mass is 10.0. The summed E-state index contributed by atoms with van der Waals surface area (Å²) in [5.41, 5.74) is 1.11. The third kappa shape index (κ3) is 7.92. The second kappa shape index (κ2) is 12.8. The van der Waals surface area contributed by atoms with Gasteiger partial charge in [0.15, 0.2) is 5.96 Å². The first-order chi connectivity index (χ1) is 12.6. The maximum absolute atomic E-state index is 11.9. The van der Waals surface area contributed by atoms with Crippen LogP contribution in [0.25, 0.3) is 0 Å². The van der Waals surface area contributed by atoms with Crippen LogP contribution >= 0.6 is 24.0 Å². The molecule has 1 aliphatic heterocycles. The van der Waals surface area contributed by atoms with Gasteiger partial charge in [0.25, 0.3) is 0 Å². The fourth-order valence-corrected chi connectivity index (χ4v) is 2.62. The number of hydrogen-bond donors (Lipinski definition) is 2. The van der Waals surface area contributed by atoms with Crippen LogP contribution in [-0.4, -0.2) is 63.8 Å². The molecular weight excluding hydrogens is 459 g/mol. The molecule has 152 valence electrons. The smallest absolute Gasteiger partial charge is 0.243 e. The number of aliphatic imine (C=N–C) groups is 1. The fourth-order valence-electron chi connectivity index (χ4n) is 2.62. The molecule has 1 atom stereocenters. The molecule has 7 nitrogen and oxygen atoms in total. The molecule has 27 heavy (non-hydrogen) atoms. The van der Waals surface area contributed by atoms with Crippen molar-refractivity contribution in [2.75, 3.05) is 47.0 Å². The highest BCUT2D eigenvalue weighted by Crippen LogP contribution is 2.31. The van der Waals surface area contributed by atoms with E-state index in [0.29, 0.717) is 19.2 Å². The number of rotatable bonds is 8. The number of carbonyl (C=O) groups is 1. The van der Waals surface area contributed by atoms with Crippen LogP contribution < -0.4 is 15.4 Å². The monoisotopic (exact) mass is 490 g/mol. The summed E-state index contributed by atoms with van der Waals surface area (Å²) in [6.07, 6.45) is 1.72. The van der Waals surface area contributed by atoms with Gasteiger partial charge in [-0.05, 0) is 19.4 Å². The zero-order valence-corrected chi connectivity index (χ0v) is 18.7. The minimum absolute atomic E-state index is 0. The molecule has 1 aromatic carbocycles. The maximum atomic E-state index is 11.9. The van der Waals surface area contributed by atoms with E-state index in [0.717, 1.165) is 37.3 Å². The number of ether oxygens (including phenoxy) is 2. The highest BCUT2D eigenvalue weighted by molar-refractivity contribution is 14.0. The highest BCUT2D eigenvalue weighted by atomic mass is 127. The van der Waals surface area contributed by atoms with Crippen molar-refractivity contribution in [1.82, 2.24) is 15.5 Å². The molecule has 1 unspecified atom stereocenters. The zero-order chi connectivity index (χ0) is 18.8. The molecule has 0 spiro atoms. The minimum atomic E-state index is -0.0345. The van der Waals surface area contributed by atoms with Crippen molar-refractivity contribution < 1.29 is 14.3 Å². The van der Waals surface area contributed by atoms with E-state index in [9.17, 15) is 4.79 Å². The third-order valence-electron chi connectivity index (χ3n) is 4.10. The molecule has 1 aromatic rings. The molecular formula is C19H31IN4O3. The molecule has 2 N–H and O–H groups in total. The first kappa shape index (κ1) is 23.5. The van der Waals surface area contributed by atoms with Gasteiger partial charge in [-0.1, -0.05) is 18.2 Å². The number of hydrogen-bond acceptors (Lipinski definition) is 4. The number of fused-ring (bicyclic) bond motifs is 1. The van der Waals surface area contributed by atoms with Crippen LogP contribution in [0.3, 0.4) is 0 Å². The number of carbonyl (C=O) groups excluding carboxylic acids is 1. The Morgan fingerprint density at radius 3 is 2.89 bits per heavy atom. The van der Waals surface area contributed by atoms with Crippen LogP contribution in [0.4, 0.5) is 0 Å². The number of guanidine groups is 1. The lowest BCUT2D eigenvalue weighted by molar-refractivity contribution is -0.127. The van der Waals surface area contributed by atoms with Gasteiger partial charge in [0.2, 0.25) is 5.91 Å². The van der Waals surface area contributed by atoms with Gasteiger partial charge in [0.1, 0.15) is 12.3 Å². The molecule has 2 rings (SSSR count). The zero-order valence-electron chi connectivity index (χ0n) is 16.4. The van der Waals surface area contributed by atoms with Crippen LogP contribution in [0, 0.1) is 0 Å². The largest absolute Gasteiger partial charge is 0.493 e. The number of nitrogens with one attached hydrogen (secondary N) is 2. The SMILES string of the molecule is CCOCCCNC(=NCC(=O)N(C)C)NC1CCOc2ccccc21.I. The van der Waals surface area contributed by atoms with E-state index in [1.165, 1.54) is 0 Å². The van der Waals surface area contributed by atoms with Gasteiger partial charge < -0.3 is 25.0 Å². The number of amides is 1. The Kier molecular flexibility index (Phi) is 11.1. The quantitative estimate of drug-likeness (QED) is 0.253. The Balaban J connectivity index is 0.00000364. The Hall–Kier alpha value is -1.55. The Morgan fingerprint density at radius 2 is 2.15 bits per heavy atom. The molecule has 0 saturated heterocycles. The van der Waals surface area contributed by atoms with Crippen LogP contribution in [0.15, 0.2) is 29.3 Å². The second-order valence-corrected chi connectivity index (χ2v) is 6.30. The summed E-state index contributed by atoms with van der Waals surface area (Å²) in [4.78, 5) is 17.9. The molecule has 1 amide bonds. The van der Waals surface area contributed by atoms with Gasteiger partial charge in [-0.2, -0.15) is 0 Å². The van der Waals surface area contributed by atoms with Crippen molar-refractivity contribution in [2.24, 2.45) is 4.99 Å². The van der Waals surface area contributed by atoms with E-state index in [1.807, 2.05) is 25.1 Å². The van der Waals surface area contributed by atoms with Crippen molar-refractivity contribution >= 4 is 35.8 Å². The molecule has 0 radical (unpaired) electrons. The molecule has 0 fully saturated rings. The third-order valence-corrected chi connectivity index (χ3v) is 4.10. The first-order valence-electron chi connectivity index (χ1n) is 9.16. The first-order valence-corrected chi connectivity index (χ1v) is 9.16. The van der Waals surface area contributed by atoms with E-state index < -0.39 is 0 Å². The summed E-state index contributed by atoms with van der Waals surface area (Å²) >= 11 is 0. The van der Waals surface area contributed by atoms with Crippen molar-refractivity contribution in [3.05, 3.63) is 29.8 Å². The molecule has 0 aromatic heterocycles. The molecule has 0 saturated carbocycles. The molecule has 8 heteroatoms. The molecule has 0 aliphatic carbocycles. The standard InChI is InChI=1S/C19H30N4O3.HI/c1-4-25-12-7-11-20-19(21-14-18(24)23(2)3)22-16-10-13-26-17-9-6-5-8-15(16)17;/h5-6,8-9,16H,4,7,10-14H2,1-3H3,(H2,20,21,22);1H. The average Bonchev–Trinajstić information content (AvgIpc) is 2.65. The van der Waals surface area contributed by atoms with Gasteiger partial charge in [0, 0.05) is 45.8 Å². The van der Waals surface area contributed by atoms with Gasteiger partial charge in [0.05, 0.1) is 12.6 Å². The Morgan fingerprint density at radius 1 is 1.37 bits per heavy atom. The van der Waals surface area contributed by atoms with Gasteiger partial charge in [-0.25, -0.2) is 4.99 Å². The van der Waals surface area contributed by atoms with Crippen LogP contribution in [0.2, 0.25) is 0 Å². The number of halogens is 1. The fraction of sp³-hybridized carbons (Fsp3) is 0.579. The summed E-state index contributed by atoms with van der Waals surface area (Å²) < 4.78 is 11.1. The van der Waals surface area contributed by atoms with E-state index in [1.54, 1.807) is 19.0 Å². The normalized spacial score (nSPS) is 15.8. The summed E-state index contributed by atoms with van der Waals surface area (Å²) in [5.74, 6) is 1.50. The highest BCUT2D eigenvalue weighted by Gasteiger charge is 2.22. The summed E-state index contributed by atoms with van der Waals surface area (Å²) in [7, 11) is 3.46. The van der Waals surface area contributed by atoms with E-state index in [4.69, 9.17) is 9.47 Å². The number of likely N-dealkylation sites (N-methyl/N-ethyl adjacent to an activating group) is 1. The average molecular weight is 490 g/mol. The van der Waals surface area contributed by atoms with Crippen molar-refractivity contribution in [3.63, 3.8) is 0 Å². The lowest BCUT2D eigenvalue weighted by Gasteiger charge is -2.28. The summed E-state index contributed by atoms with van der Waals surface area (Å²) in [6.45, 7) is 4.90. The molecule has 0 bridgehead atoms. The topological polar surface area (TPSA) is 75.2 Å². The summed E-state index contributed by atoms with van der Waals surface area (Å²) in [5, 5.41) is 6.74. The Bertz CT molecular complexity index is 610. The van der Waals surface area contributed by atoms with E-state index in [-0.39, 0.29) is 42.5 Å². The number of benzene rings is 1. The van der Waals surface area contributed by atoms with Crippen molar-refractivity contribution in [3.8, 4) is 5.75 Å². The van der Waals surface area contributed by atoms with Crippen LogP contribution in [-0.2, 0) is 9.53 Å². The van der Waals surface area contributed by atoms with Gasteiger partial charge in [-0.3, -0.25) is 4.79 Å². The van der Waals surface area contributed by atoms with Gasteiger partial charge in [-0.15, -0.1) is 24.0 Å². The second-order valence-electron chi connectivity index (χ2n) is 6.30. The number of para-hydroxylation sites is 1. The molecule has 1 aliphatic rings.